The van der Waals surface area contributed by atoms with Crippen LogP contribution in [0.2, 0.25) is 0 Å². The van der Waals surface area contributed by atoms with E-state index in [1.807, 2.05) is 0 Å². The molecule has 1 aromatic rings. The number of aliphatic carboxylic acids is 1. The third-order valence-corrected chi connectivity index (χ3v) is 2.69. The Hall–Kier alpha value is -1.97. The first kappa shape index (κ1) is 13.1. The normalized spacial score (nSPS) is 11.8. The van der Waals surface area contributed by atoms with Gasteiger partial charge in [0.15, 0.2) is 0 Å². The summed E-state index contributed by atoms with van der Waals surface area (Å²) in [5.74, 6) is 0.356. The van der Waals surface area contributed by atoms with Crippen LogP contribution in [0.1, 0.15) is 19.4 Å². The Labute approximate surface area is 100 Å². The highest BCUT2D eigenvalue weighted by molar-refractivity contribution is 5.96. The van der Waals surface area contributed by atoms with E-state index >= 15 is 0 Å². The van der Waals surface area contributed by atoms with Gasteiger partial charge in [0.1, 0.15) is 11.5 Å². The lowest BCUT2D eigenvalue weighted by atomic mass is 10.0. The third-order valence-electron chi connectivity index (χ3n) is 2.69. The summed E-state index contributed by atoms with van der Waals surface area (Å²) in [5.41, 5.74) is 1.68. The molecule has 0 unspecified atom stereocenters. The number of rotatable bonds is 4. The summed E-state index contributed by atoms with van der Waals surface area (Å²) in [4.78, 5) is 10.9. The minimum atomic E-state index is -0.938. The summed E-state index contributed by atoms with van der Waals surface area (Å²) >= 11 is 0. The van der Waals surface area contributed by atoms with E-state index in [-0.39, 0.29) is 5.57 Å². The van der Waals surface area contributed by atoms with Crippen molar-refractivity contribution in [2.75, 3.05) is 14.2 Å². The fourth-order valence-electron chi connectivity index (χ4n) is 1.47. The molecule has 4 nitrogen and oxygen atoms in total. The van der Waals surface area contributed by atoms with E-state index in [1.54, 1.807) is 46.3 Å². The number of ether oxygens (including phenoxy) is 2. The Bertz CT molecular complexity index is 460. The highest BCUT2D eigenvalue weighted by atomic mass is 16.5. The number of benzene rings is 1. The van der Waals surface area contributed by atoms with Crippen LogP contribution in [0.5, 0.6) is 11.5 Å². The van der Waals surface area contributed by atoms with E-state index in [9.17, 15) is 4.79 Å². The van der Waals surface area contributed by atoms with Gasteiger partial charge in [-0.25, -0.2) is 4.79 Å². The number of carboxylic acids is 1. The van der Waals surface area contributed by atoms with Gasteiger partial charge in [0.05, 0.1) is 14.2 Å². The van der Waals surface area contributed by atoms with Crippen LogP contribution in [0.3, 0.4) is 0 Å². The number of hydrogen-bond acceptors (Lipinski definition) is 3. The summed E-state index contributed by atoms with van der Waals surface area (Å²) in [5, 5.41) is 8.97. The van der Waals surface area contributed by atoms with Gasteiger partial charge < -0.3 is 14.6 Å². The van der Waals surface area contributed by atoms with Gasteiger partial charge in [-0.15, -0.1) is 0 Å². The van der Waals surface area contributed by atoms with Gasteiger partial charge >= 0.3 is 5.97 Å². The summed E-state index contributed by atoms with van der Waals surface area (Å²) < 4.78 is 10.3. The maximum absolute atomic E-state index is 10.9. The zero-order valence-electron chi connectivity index (χ0n) is 10.4. The second-order valence-electron chi connectivity index (χ2n) is 3.62. The molecule has 0 aliphatic carbocycles. The van der Waals surface area contributed by atoms with E-state index in [2.05, 4.69) is 0 Å². The van der Waals surface area contributed by atoms with E-state index in [1.165, 1.54) is 0 Å². The Morgan fingerprint density at radius 3 is 2.29 bits per heavy atom. The predicted octanol–water partition coefficient (Wildman–Crippen LogP) is 2.58. The molecular weight excluding hydrogens is 220 g/mol. The van der Waals surface area contributed by atoms with Crippen molar-refractivity contribution in [3.63, 3.8) is 0 Å². The monoisotopic (exact) mass is 236 g/mol. The number of methoxy groups -OCH3 is 2. The molecule has 0 fully saturated rings. The van der Waals surface area contributed by atoms with Crippen LogP contribution in [0.25, 0.3) is 5.57 Å². The minimum Gasteiger partial charge on any atom is -0.497 e. The quantitative estimate of drug-likeness (QED) is 0.816. The maximum atomic E-state index is 10.9. The summed E-state index contributed by atoms with van der Waals surface area (Å²) in [6.45, 7) is 3.32. The van der Waals surface area contributed by atoms with Crippen molar-refractivity contribution in [3.05, 3.63) is 29.3 Å². The molecule has 1 aromatic carbocycles. The molecule has 0 saturated heterocycles. The number of hydrogen-bond donors (Lipinski definition) is 1. The van der Waals surface area contributed by atoms with Crippen molar-refractivity contribution < 1.29 is 19.4 Å². The fraction of sp³-hybridized carbons (Fsp3) is 0.308. The van der Waals surface area contributed by atoms with E-state index in [0.717, 1.165) is 5.56 Å². The zero-order valence-corrected chi connectivity index (χ0v) is 10.4. The Balaban J connectivity index is 3.37. The molecule has 1 rings (SSSR count). The molecular formula is C13H16O4. The molecule has 0 heterocycles. The van der Waals surface area contributed by atoms with E-state index in [0.29, 0.717) is 17.1 Å². The summed E-state index contributed by atoms with van der Waals surface area (Å²) in [6.07, 6.45) is 0. The van der Waals surface area contributed by atoms with Gasteiger partial charge in [0.25, 0.3) is 0 Å². The molecule has 17 heavy (non-hydrogen) atoms. The van der Waals surface area contributed by atoms with Gasteiger partial charge in [-0.05, 0) is 37.6 Å². The average molecular weight is 236 g/mol. The molecule has 0 aliphatic rings. The van der Waals surface area contributed by atoms with Crippen molar-refractivity contribution in [3.8, 4) is 11.5 Å². The second kappa shape index (κ2) is 5.39. The second-order valence-corrected chi connectivity index (χ2v) is 3.62. The van der Waals surface area contributed by atoms with Crippen molar-refractivity contribution in [2.45, 2.75) is 13.8 Å². The van der Waals surface area contributed by atoms with Gasteiger partial charge in [0.2, 0.25) is 0 Å². The Morgan fingerprint density at radius 1 is 1.18 bits per heavy atom. The Kier molecular flexibility index (Phi) is 4.15. The van der Waals surface area contributed by atoms with Crippen molar-refractivity contribution >= 4 is 11.5 Å². The van der Waals surface area contributed by atoms with Crippen LogP contribution in [0.15, 0.2) is 23.8 Å². The number of allylic oxidation sites excluding steroid dienone is 1. The molecule has 0 amide bonds. The van der Waals surface area contributed by atoms with Crippen LogP contribution in [-0.4, -0.2) is 25.3 Å². The lowest BCUT2D eigenvalue weighted by molar-refractivity contribution is -0.132. The highest BCUT2D eigenvalue weighted by Crippen LogP contribution is 2.31. The fourth-order valence-corrected chi connectivity index (χ4v) is 1.47. The minimum absolute atomic E-state index is 0.288. The number of carbonyl (C=O) groups is 1. The van der Waals surface area contributed by atoms with Gasteiger partial charge in [-0.3, -0.25) is 0 Å². The van der Waals surface area contributed by atoms with Crippen molar-refractivity contribution in [1.29, 1.82) is 0 Å². The van der Waals surface area contributed by atoms with Gasteiger partial charge in [-0.1, -0.05) is 0 Å². The van der Waals surface area contributed by atoms with Gasteiger partial charge in [-0.2, -0.15) is 0 Å². The average Bonchev–Trinajstić information content (AvgIpc) is 2.35. The lowest BCUT2D eigenvalue weighted by Gasteiger charge is -2.12. The maximum Gasteiger partial charge on any atom is 0.331 e. The standard InChI is InChI=1S/C13H16O4/c1-8(9(2)13(14)15)11-7-10(16-3)5-6-12(11)17-4/h5-7H,1-4H3,(H,14,15). The van der Waals surface area contributed by atoms with Crippen LogP contribution in [-0.2, 0) is 4.79 Å². The van der Waals surface area contributed by atoms with E-state index < -0.39 is 5.97 Å². The topological polar surface area (TPSA) is 55.8 Å². The largest absolute Gasteiger partial charge is 0.497 e. The van der Waals surface area contributed by atoms with Crippen molar-refractivity contribution in [2.24, 2.45) is 0 Å². The lowest BCUT2D eigenvalue weighted by Crippen LogP contribution is -2.00. The molecule has 92 valence electrons. The predicted molar refractivity (Wildman–Crippen MR) is 65.4 cm³/mol. The molecule has 0 bridgehead atoms. The molecule has 0 atom stereocenters. The SMILES string of the molecule is COc1ccc(OC)c(C(C)=C(C)C(=O)O)c1. The first-order valence-electron chi connectivity index (χ1n) is 5.14. The first-order valence-corrected chi connectivity index (χ1v) is 5.14. The van der Waals surface area contributed by atoms with Crippen LogP contribution in [0.4, 0.5) is 0 Å². The molecule has 1 N–H and O–H groups in total. The molecule has 0 spiro atoms. The van der Waals surface area contributed by atoms with Crippen LogP contribution < -0.4 is 9.47 Å². The van der Waals surface area contributed by atoms with Crippen LogP contribution >= 0.6 is 0 Å². The number of carboxylic acid groups (broad SMARTS) is 1. The summed E-state index contributed by atoms with van der Waals surface area (Å²) in [6, 6.07) is 5.29. The summed E-state index contributed by atoms with van der Waals surface area (Å²) in [7, 11) is 3.11. The molecule has 4 heteroatoms. The van der Waals surface area contributed by atoms with E-state index in [4.69, 9.17) is 14.6 Å². The smallest absolute Gasteiger partial charge is 0.331 e. The molecule has 0 aliphatic heterocycles. The highest BCUT2D eigenvalue weighted by Gasteiger charge is 2.12. The van der Waals surface area contributed by atoms with Gasteiger partial charge in [0, 0.05) is 11.1 Å². The molecule has 0 saturated carbocycles. The molecule has 0 aromatic heterocycles. The zero-order chi connectivity index (χ0) is 13.0. The van der Waals surface area contributed by atoms with Crippen molar-refractivity contribution in [1.82, 2.24) is 0 Å². The van der Waals surface area contributed by atoms with Crippen LogP contribution in [0, 0.1) is 0 Å². The third kappa shape index (κ3) is 2.78. The Morgan fingerprint density at radius 2 is 1.82 bits per heavy atom. The first-order chi connectivity index (χ1) is 8.01. The molecule has 0 radical (unpaired) electrons.